The van der Waals surface area contributed by atoms with Crippen molar-refractivity contribution in [3.8, 4) is 6.07 Å². The van der Waals surface area contributed by atoms with Crippen molar-refractivity contribution in [2.24, 2.45) is 0 Å². The van der Waals surface area contributed by atoms with E-state index >= 15 is 0 Å². The summed E-state index contributed by atoms with van der Waals surface area (Å²) in [5, 5.41) is 20.5. The molecular weight excluding hydrogens is 190 g/mol. The van der Waals surface area contributed by atoms with Gasteiger partial charge in [-0.3, -0.25) is 0 Å². The third kappa shape index (κ3) is 3.96. The summed E-state index contributed by atoms with van der Waals surface area (Å²) in [5.41, 5.74) is 1.45. The minimum atomic E-state index is 0.215. The maximum absolute atomic E-state index is 8.76. The number of hydrogen-bond acceptors (Lipinski definition) is 4. The third-order valence-corrected chi connectivity index (χ3v) is 1.97. The smallest absolute Gasteiger partial charge is 0.127 e. The fourth-order valence-electron chi connectivity index (χ4n) is 1.28. The summed E-state index contributed by atoms with van der Waals surface area (Å²) < 4.78 is 0. The summed E-state index contributed by atoms with van der Waals surface area (Å²) in [6.07, 6.45) is 1.68. The zero-order chi connectivity index (χ0) is 11.1. The molecule has 1 aromatic heterocycles. The van der Waals surface area contributed by atoms with E-state index in [4.69, 9.17) is 10.4 Å². The molecule has 0 saturated heterocycles. The summed E-state index contributed by atoms with van der Waals surface area (Å²) >= 11 is 0. The molecule has 0 aromatic carbocycles. The number of nitrogens with one attached hydrogen (secondary N) is 1. The van der Waals surface area contributed by atoms with Crippen LogP contribution < -0.4 is 5.32 Å². The predicted molar refractivity (Wildman–Crippen MR) is 58.5 cm³/mol. The van der Waals surface area contributed by atoms with E-state index in [0.717, 1.165) is 30.9 Å². The van der Waals surface area contributed by atoms with Crippen LogP contribution in [0.15, 0.2) is 12.1 Å². The number of aryl methyl sites for hydroxylation is 1. The minimum absolute atomic E-state index is 0.215. The van der Waals surface area contributed by atoms with Crippen LogP contribution in [-0.4, -0.2) is 23.2 Å². The number of anilines is 1. The first-order chi connectivity index (χ1) is 7.26. The Hall–Kier alpha value is -1.60. The summed E-state index contributed by atoms with van der Waals surface area (Å²) in [7, 11) is 0. The first-order valence-electron chi connectivity index (χ1n) is 5.00. The van der Waals surface area contributed by atoms with Crippen molar-refractivity contribution in [2.75, 3.05) is 18.5 Å². The Morgan fingerprint density at radius 3 is 2.93 bits per heavy atom. The molecule has 1 rings (SSSR count). The molecule has 80 valence electrons. The molecule has 0 saturated carbocycles. The van der Waals surface area contributed by atoms with Gasteiger partial charge in [0.2, 0.25) is 0 Å². The number of aliphatic hydroxyl groups excluding tert-OH is 1. The summed E-state index contributed by atoms with van der Waals surface area (Å²) in [6.45, 7) is 2.84. The number of nitrogens with zero attached hydrogens (tertiary/aromatic N) is 2. The van der Waals surface area contributed by atoms with E-state index in [0.29, 0.717) is 5.56 Å². The molecule has 4 heteroatoms. The van der Waals surface area contributed by atoms with E-state index in [1.807, 2.05) is 6.92 Å². The molecule has 0 aliphatic carbocycles. The molecule has 0 amide bonds. The lowest BCUT2D eigenvalue weighted by Gasteiger charge is -2.05. The highest BCUT2D eigenvalue weighted by Gasteiger charge is 1.98. The Bertz CT molecular complexity index is 357. The van der Waals surface area contributed by atoms with Crippen molar-refractivity contribution in [3.05, 3.63) is 23.4 Å². The van der Waals surface area contributed by atoms with E-state index in [9.17, 15) is 0 Å². The molecule has 4 nitrogen and oxygen atoms in total. The molecule has 0 aliphatic heterocycles. The van der Waals surface area contributed by atoms with Crippen molar-refractivity contribution in [3.63, 3.8) is 0 Å². The van der Waals surface area contributed by atoms with Crippen LogP contribution >= 0.6 is 0 Å². The van der Waals surface area contributed by atoms with Crippen LogP contribution in [0, 0.1) is 18.3 Å². The Morgan fingerprint density at radius 2 is 2.27 bits per heavy atom. The van der Waals surface area contributed by atoms with Crippen LogP contribution in [0.1, 0.15) is 24.1 Å². The van der Waals surface area contributed by atoms with Crippen LogP contribution in [0.4, 0.5) is 5.82 Å². The first-order valence-corrected chi connectivity index (χ1v) is 5.00. The monoisotopic (exact) mass is 205 g/mol. The highest BCUT2D eigenvalue weighted by Crippen LogP contribution is 2.09. The van der Waals surface area contributed by atoms with Gasteiger partial charge < -0.3 is 10.4 Å². The highest BCUT2D eigenvalue weighted by atomic mass is 16.2. The lowest BCUT2D eigenvalue weighted by Crippen LogP contribution is -2.05. The van der Waals surface area contributed by atoms with Crippen LogP contribution in [0.3, 0.4) is 0 Å². The Kier molecular flexibility index (Phi) is 4.58. The average Bonchev–Trinajstić information content (AvgIpc) is 2.23. The molecule has 0 unspecified atom stereocenters. The lowest BCUT2D eigenvalue weighted by molar-refractivity contribution is 0.286. The van der Waals surface area contributed by atoms with E-state index in [-0.39, 0.29) is 6.61 Å². The van der Waals surface area contributed by atoms with E-state index in [2.05, 4.69) is 16.4 Å². The van der Waals surface area contributed by atoms with Crippen molar-refractivity contribution >= 4 is 5.82 Å². The van der Waals surface area contributed by atoms with Crippen LogP contribution in [-0.2, 0) is 0 Å². The minimum Gasteiger partial charge on any atom is -0.396 e. The molecule has 0 radical (unpaired) electrons. The molecule has 15 heavy (non-hydrogen) atoms. The molecular formula is C11H15N3O. The van der Waals surface area contributed by atoms with Gasteiger partial charge >= 0.3 is 0 Å². The molecule has 1 aromatic rings. The fraction of sp³-hybridized carbons (Fsp3) is 0.455. The first kappa shape index (κ1) is 11.5. The van der Waals surface area contributed by atoms with Gasteiger partial charge in [-0.25, -0.2) is 4.98 Å². The second kappa shape index (κ2) is 5.99. The van der Waals surface area contributed by atoms with Gasteiger partial charge in [-0.1, -0.05) is 0 Å². The fourth-order valence-corrected chi connectivity index (χ4v) is 1.28. The van der Waals surface area contributed by atoms with E-state index in [1.54, 1.807) is 12.1 Å². The highest BCUT2D eigenvalue weighted by molar-refractivity contribution is 5.44. The molecule has 0 spiro atoms. The normalized spacial score (nSPS) is 9.67. The summed E-state index contributed by atoms with van der Waals surface area (Å²) in [4.78, 5) is 4.25. The number of pyridine rings is 1. The number of hydrogen-bond donors (Lipinski definition) is 2. The zero-order valence-corrected chi connectivity index (χ0v) is 8.82. The number of unbranched alkanes of at least 4 members (excludes halogenated alkanes) is 1. The average molecular weight is 205 g/mol. The predicted octanol–water partition coefficient (Wildman–Crippen LogP) is 1.45. The zero-order valence-electron chi connectivity index (χ0n) is 8.82. The third-order valence-electron chi connectivity index (χ3n) is 1.97. The van der Waals surface area contributed by atoms with Crippen molar-refractivity contribution in [2.45, 2.75) is 19.8 Å². The van der Waals surface area contributed by atoms with Crippen LogP contribution in [0.2, 0.25) is 0 Å². The van der Waals surface area contributed by atoms with Gasteiger partial charge in [0.15, 0.2) is 0 Å². The maximum Gasteiger partial charge on any atom is 0.127 e. The van der Waals surface area contributed by atoms with Crippen LogP contribution in [0.5, 0.6) is 0 Å². The van der Waals surface area contributed by atoms with Crippen molar-refractivity contribution in [1.82, 2.24) is 4.98 Å². The van der Waals surface area contributed by atoms with Gasteiger partial charge in [0, 0.05) is 18.8 Å². The summed E-state index contributed by atoms with van der Waals surface area (Å²) in [6, 6.07) is 5.57. The Labute approximate surface area is 89.6 Å². The number of rotatable bonds is 5. The number of aromatic nitrogens is 1. The largest absolute Gasteiger partial charge is 0.396 e. The molecule has 0 bridgehead atoms. The van der Waals surface area contributed by atoms with Gasteiger partial charge in [-0.15, -0.1) is 0 Å². The molecule has 0 fully saturated rings. The van der Waals surface area contributed by atoms with Gasteiger partial charge in [-0.05, 0) is 31.9 Å². The van der Waals surface area contributed by atoms with E-state index in [1.165, 1.54) is 0 Å². The second-order valence-electron chi connectivity index (χ2n) is 3.35. The van der Waals surface area contributed by atoms with Gasteiger partial charge in [0.1, 0.15) is 5.82 Å². The lowest BCUT2D eigenvalue weighted by atomic mass is 10.2. The topological polar surface area (TPSA) is 68.9 Å². The standard InChI is InChI=1S/C11H15N3O/c1-9-6-10(8-12)7-11(14-9)13-4-2-3-5-15/h6-7,15H,2-5H2,1H3,(H,13,14). The quantitative estimate of drug-likeness (QED) is 0.714. The Balaban J connectivity index is 2.54. The molecule has 1 heterocycles. The molecule has 0 aliphatic rings. The molecule has 2 N–H and O–H groups in total. The van der Waals surface area contributed by atoms with Gasteiger partial charge in [0.05, 0.1) is 11.6 Å². The maximum atomic E-state index is 8.76. The van der Waals surface area contributed by atoms with Gasteiger partial charge in [0.25, 0.3) is 0 Å². The second-order valence-corrected chi connectivity index (χ2v) is 3.35. The number of nitriles is 1. The van der Waals surface area contributed by atoms with Crippen molar-refractivity contribution < 1.29 is 5.11 Å². The van der Waals surface area contributed by atoms with E-state index < -0.39 is 0 Å². The van der Waals surface area contributed by atoms with Gasteiger partial charge in [-0.2, -0.15) is 5.26 Å². The summed E-state index contributed by atoms with van der Waals surface area (Å²) in [5.74, 6) is 0.726. The number of aliphatic hydroxyl groups is 1. The SMILES string of the molecule is Cc1cc(C#N)cc(NCCCCO)n1. The van der Waals surface area contributed by atoms with Crippen molar-refractivity contribution in [1.29, 1.82) is 5.26 Å². The molecule has 0 atom stereocenters. The van der Waals surface area contributed by atoms with Crippen LogP contribution in [0.25, 0.3) is 0 Å². The Morgan fingerprint density at radius 1 is 1.47 bits per heavy atom.